The summed E-state index contributed by atoms with van der Waals surface area (Å²) in [6.07, 6.45) is 4.92. The van der Waals surface area contributed by atoms with Crippen LogP contribution in [0, 0.1) is 0 Å². The molecule has 1 unspecified atom stereocenters. The minimum atomic E-state index is -0.262. The predicted molar refractivity (Wildman–Crippen MR) is 65.5 cm³/mol. The number of ether oxygens (including phenoxy) is 2. The molecule has 5 heteroatoms. The lowest BCUT2D eigenvalue weighted by molar-refractivity contribution is 0.171. The van der Waals surface area contributed by atoms with Crippen LogP contribution in [0.15, 0.2) is 36.9 Å². The summed E-state index contributed by atoms with van der Waals surface area (Å²) in [6, 6.07) is 5.46. The van der Waals surface area contributed by atoms with Crippen molar-refractivity contribution >= 4 is 0 Å². The van der Waals surface area contributed by atoms with Gasteiger partial charge in [0.2, 0.25) is 0 Å². The number of nitrogens with zero attached hydrogens (tertiary/aromatic N) is 2. The van der Waals surface area contributed by atoms with Crippen LogP contribution in [0.5, 0.6) is 11.5 Å². The van der Waals surface area contributed by atoms with E-state index < -0.39 is 0 Å². The van der Waals surface area contributed by atoms with Gasteiger partial charge in [0, 0.05) is 18.0 Å². The average molecular weight is 243 g/mol. The summed E-state index contributed by atoms with van der Waals surface area (Å²) >= 11 is 0. The fraction of sp³-hybridized carbons (Fsp3) is 0.231. The van der Waals surface area contributed by atoms with Crippen LogP contribution in [0.4, 0.5) is 0 Å². The zero-order chi connectivity index (χ0) is 12.4. The maximum Gasteiger partial charge on any atom is 0.161 e. The van der Waals surface area contributed by atoms with E-state index in [2.05, 4.69) is 9.97 Å². The van der Waals surface area contributed by atoms with Crippen molar-refractivity contribution in [2.24, 2.45) is 5.73 Å². The van der Waals surface area contributed by atoms with Crippen molar-refractivity contribution in [2.75, 3.05) is 13.2 Å². The number of hydrogen-bond acceptors (Lipinski definition) is 5. The smallest absolute Gasteiger partial charge is 0.161 e. The van der Waals surface area contributed by atoms with Gasteiger partial charge in [0.05, 0.1) is 6.04 Å². The van der Waals surface area contributed by atoms with Gasteiger partial charge in [-0.05, 0) is 17.7 Å². The van der Waals surface area contributed by atoms with Crippen LogP contribution in [0.3, 0.4) is 0 Å². The maximum absolute atomic E-state index is 6.17. The highest BCUT2D eigenvalue weighted by Crippen LogP contribution is 2.33. The van der Waals surface area contributed by atoms with Crippen LogP contribution in [0.1, 0.15) is 17.2 Å². The summed E-state index contributed by atoms with van der Waals surface area (Å²) in [5.74, 6) is 1.51. The molecule has 2 aromatic rings. The fourth-order valence-corrected chi connectivity index (χ4v) is 1.92. The molecule has 2 heterocycles. The topological polar surface area (TPSA) is 70.3 Å². The van der Waals surface area contributed by atoms with Crippen molar-refractivity contribution in [1.82, 2.24) is 9.97 Å². The third-order valence-corrected chi connectivity index (χ3v) is 2.87. The molecule has 0 amide bonds. The number of nitrogens with two attached hydrogens (primary N) is 1. The number of aromatic nitrogens is 2. The molecule has 1 aromatic heterocycles. The van der Waals surface area contributed by atoms with Crippen molar-refractivity contribution in [2.45, 2.75) is 6.04 Å². The zero-order valence-electron chi connectivity index (χ0n) is 9.74. The van der Waals surface area contributed by atoms with Gasteiger partial charge in [-0.1, -0.05) is 6.07 Å². The van der Waals surface area contributed by atoms with Crippen LogP contribution in [0.25, 0.3) is 0 Å². The molecule has 1 aliphatic heterocycles. The van der Waals surface area contributed by atoms with Crippen LogP contribution in [-0.2, 0) is 0 Å². The van der Waals surface area contributed by atoms with Gasteiger partial charge < -0.3 is 15.2 Å². The molecule has 1 aromatic carbocycles. The molecule has 1 atom stereocenters. The van der Waals surface area contributed by atoms with Crippen LogP contribution in [-0.4, -0.2) is 23.2 Å². The van der Waals surface area contributed by atoms with Crippen LogP contribution >= 0.6 is 0 Å². The Morgan fingerprint density at radius 3 is 2.50 bits per heavy atom. The Morgan fingerprint density at radius 2 is 1.72 bits per heavy atom. The van der Waals surface area contributed by atoms with E-state index in [1.807, 2.05) is 18.2 Å². The Balaban J connectivity index is 1.93. The molecule has 0 aliphatic carbocycles. The summed E-state index contributed by atoms with van der Waals surface area (Å²) in [5, 5.41) is 0. The van der Waals surface area contributed by atoms with Crippen LogP contribution in [0.2, 0.25) is 0 Å². The van der Waals surface area contributed by atoms with Gasteiger partial charge in [-0.3, -0.25) is 0 Å². The van der Waals surface area contributed by atoms with Crippen LogP contribution < -0.4 is 15.2 Å². The Labute approximate surface area is 105 Å². The lowest BCUT2D eigenvalue weighted by Crippen LogP contribution is -2.17. The van der Waals surface area contributed by atoms with E-state index in [4.69, 9.17) is 15.2 Å². The van der Waals surface area contributed by atoms with Crippen molar-refractivity contribution in [3.8, 4) is 11.5 Å². The van der Waals surface area contributed by atoms with E-state index in [0.29, 0.717) is 13.2 Å². The lowest BCUT2D eigenvalue weighted by Gasteiger charge is -2.20. The third kappa shape index (κ3) is 2.00. The first-order valence-corrected chi connectivity index (χ1v) is 5.74. The summed E-state index contributed by atoms with van der Waals surface area (Å²) < 4.78 is 11.0. The van der Waals surface area contributed by atoms with E-state index in [1.165, 1.54) is 6.33 Å². The van der Waals surface area contributed by atoms with E-state index in [1.54, 1.807) is 12.4 Å². The van der Waals surface area contributed by atoms with Gasteiger partial charge in [0.1, 0.15) is 19.5 Å². The molecule has 18 heavy (non-hydrogen) atoms. The minimum absolute atomic E-state index is 0.262. The minimum Gasteiger partial charge on any atom is -0.486 e. The second kappa shape index (κ2) is 4.62. The molecule has 92 valence electrons. The van der Waals surface area contributed by atoms with Crippen molar-refractivity contribution < 1.29 is 9.47 Å². The fourth-order valence-electron chi connectivity index (χ4n) is 1.92. The molecule has 0 spiro atoms. The monoisotopic (exact) mass is 243 g/mol. The molecule has 5 nitrogen and oxygen atoms in total. The summed E-state index contributed by atoms with van der Waals surface area (Å²) in [7, 11) is 0. The maximum atomic E-state index is 6.17. The van der Waals surface area contributed by atoms with Crippen molar-refractivity contribution in [1.29, 1.82) is 0 Å². The van der Waals surface area contributed by atoms with Gasteiger partial charge >= 0.3 is 0 Å². The lowest BCUT2D eigenvalue weighted by atomic mass is 10.0. The molecule has 0 fully saturated rings. The van der Waals surface area contributed by atoms with Gasteiger partial charge in [-0.15, -0.1) is 0 Å². The first kappa shape index (κ1) is 11.0. The standard InChI is InChI=1S/C13H13N3O2/c14-13(10-6-15-8-16-7-10)9-1-2-11-12(5-9)18-4-3-17-11/h1-2,5-8,13H,3-4,14H2. The van der Waals surface area contributed by atoms with E-state index in [9.17, 15) is 0 Å². The van der Waals surface area contributed by atoms with Gasteiger partial charge in [-0.25, -0.2) is 9.97 Å². The third-order valence-electron chi connectivity index (χ3n) is 2.87. The summed E-state index contributed by atoms with van der Waals surface area (Å²) in [4.78, 5) is 7.94. The Morgan fingerprint density at radius 1 is 1.00 bits per heavy atom. The summed E-state index contributed by atoms with van der Waals surface area (Å²) in [5.41, 5.74) is 8.00. The Kier molecular flexibility index (Phi) is 2.82. The SMILES string of the molecule is NC(c1cncnc1)c1ccc2c(c1)OCCO2. The molecular formula is C13H13N3O2. The second-order valence-corrected chi connectivity index (χ2v) is 4.05. The number of benzene rings is 1. The Hall–Kier alpha value is -2.14. The number of rotatable bonds is 2. The van der Waals surface area contributed by atoms with E-state index in [-0.39, 0.29) is 6.04 Å². The van der Waals surface area contributed by atoms with Gasteiger partial charge in [0.25, 0.3) is 0 Å². The van der Waals surface area contributed by atoms with Gasteiger partial charge in [0.15, 0.2) is 11.5 Å². The van der Waals surface area contributed by atoms with Crippen molar-refractivity contribution in [3.05, 3.63) is 48.0 Å². The quantitative estimate of drug-likeness (QED) is 0.860. The molecule has 0 saturated heterocycles. The number of fused-ring (bicyclic) bond motifs is 1. The molecule has 1 aliphatic rings. The zero-order valence-corrected chi connectivity index (χ0v) is 9.74. The predicted octanol–water partition coefficient (Wildman–Crippen LogP) is 1.30. The van der Waals surface area contributed by atoms with Gasteiger partial charge in [-0.2, -0.15) is 0 Å². The normalized spacial score (nSPS) is 15.2. The van der Waals surface area contributed by atoms with E-state index >= 15 is 0 Å². The molecule has 3 rings (SSSR count). The molecular weight excluding hydrogens is 230 g/mol. The molecule has 2 N–H and O–H groups in total. The highest BCUT2D eigenvalue weighted by molar-refractivity contribution is 5.46. The Bertz CT molecular complexity index is 545. The van der Waals surface area contributed by atoms with Crippen molar-refractivity contribution in [3.63, 3.8) is 0 Å². The second-order valence-electron chi connectivity index (χ2n) is 4.05. The van der Waals surface area contributed by atoms with E-state index in [0.717, 1.165) is 22.6 Å². The summed E-state index contributed by atoms with van der Waals surface area (Å²) in [6.45, 7) is 1.16. The first-order chi connectivity index (χ1) is 8.84. The average Bonchev–Trinajstić information content (AvgIpc) is 2.47. The molecule has 0 bridgehead atoms. The highest BCUT2D eigenvalue weighted by Gasteiger charge is 2.15. The molecule has 0 saturated carbocycles. The number of hydrogen-bond donors (Lipinski definition) is 1. The first-order valence-electron chi connectivity index (χ1n) is 5.74. The largest absolute Gasteiger partial charge is 0.486 e. The molecule has 0 radical (unpaired) electrons. The highest BCUT2D eigenvalue weighted by atomic mass is 16.6.